The van der Waals surface area contributed by atoms with E-state index >= 15 is 0 Å². The number of benzene rings is 1. The zero-order valence-corrected chi connectivity index (χ0v) is 16.7. The van der Waals surface area contributed by atoms with Crippen molar-refractivity contribution in [2.24, 2.45) is 11.8 Å². The van der Waals surface area contributed by atoms with Crippen molar-refractivity contribution < 1.29 is 4.79 Å². The second-order valence-electron chi connectivity index (χ2n) is 8.78. The molecule has 3 saturated heterocycles. The summed E-state index contributed by atoms with van der Waals surface area (Å²) in [5, 5.41) is 7.27. The van der Waals surface area contributed by atoms with Crippen molar-refractivity contribution in [1.29, 1.82) is 0 Å². The van der Waals surface area contributed by atoms with Crippen LogP contribution >= 0.6 is 0 Å². The highest BCUT2D eigenvalue weighted by Crippen LogP contribution is 2.38. The molecule has 0 spiro atoms. The van der Waals surface area contributed by atoms with Gasteiger partial charge in [0.15, 0.2) is 0 Å². The zero-order chi connectivity index (χ0) is 19.8. The van der Waals surface area contributed by atoms with Crippen molar-refractivity contribution in [2.75, 3.05) is 26.2 Å². The van der Waals surface area contributed by atoms with Gasteiger partial charge in [0.05, 0.1) is 17.2 Å². The molecule has 0 radical (unpaired) electrons. The average molecular weight is 396 g/mol. The van der Waals surface area contributed by atoms with E-state index in [0.717, 1.165) is 25.6 Å². The molecule has 1 aromatic carbocycles. The molecule has 3 aliphatic heterocycles. The van der Waals surface area contributed by atoms with E-state index in [4.69, 9.17) is 0 Å². The Labute approximate surface area is 170 Å². The van der Waals surface area contributed by atoms with Gasteiger partial charge in [0, 0.05) is 18.6 Å². The molecule has 5 rings (SSSR count). The molecule has 1 amide bonds. The van der Waals surface area contributed by atoms with Gasteiger partial charge < -0.3 is 10.6 Å². The van der Waals surface area contributed by atoms with E-state index < -0.39 is 0 Å². The number of piperidine rings is 3. The Balaban J connectivity index is 1.26. The topological polar surface area (TPSA) is 79.3 Å². The number of aromatic nitrogens is 2. The lowest BCUT2D eigenvalue weighted by Crippen LogP contribution is -2.65. The van der Waals surface area contributed by atoms with Crippen molar-refractivity contribution in [2.45, 2.75) is 44.3 Å². The fourth-order valence-corrected chi connectivity index (χ4v) is 5.70. The molecule has 154 valence electrons. The monoisotopic (exact) mass is 395 g/mol. The van der Waals surface area contributed by atoms with Gasteiger partial charge >= 0.3 is 0 Å². The van der Waals surface area contributed by atoms with Crippen LogP contribution in [0.5, 0.6) is 0 Å². The van der Waals surface area contributed by atoms with Gasteiger partial charge in [0.25, 0.3) is 5.56 Å². The number of carbonyl (C=O) groups is 1. The minimum atomic E-state index is -0.168. The molecule has 0 aliphatic carbocycles. The van der Waals surface area contributed by atoms with Crippen LogP contribution in [-0.4, -0.2) is 58.6 Å². The molecule has 7 nitrogen and oxygen atoms in total. The highest BCUT2D eigenvalue weighted by molar-refractivity contribution is 5.78. The normalized spacial score (nSPS) is 29.4. The predicted molar refractivity (Wildman–Crippen MR) is 112 cm³/mol. The number of carbonyl (C=O) groups excluding carboxylic acids is 1. The number of nitrogens with one attached hydrogen (secondary N) is 2. The van der Waals surface area contributed by atoms with Gasteiger partial charge in [-0.05, 0) is 62.9 Å². The number of rotatable bonds is 4. The number of fused-ring (bicyclic) bond motifs is 5. The largest absolute Gasteiger partial charge is 0.353 e. The maximum Gasteiger partial charge on any atom is 0.261 e. The van der Waals surface area contributed by atoms with Crippen LogP contribution in [0.25, 0.3) is 10.9 Å². The van der Waals surface area contributed by atoms with E-state index in [9.17, 15) is 9.59 Å². The van der Waals surface area contributed by atoms with Crippen molar-refractivity contribution >= 4 is 16.8 Å². The highest BCUT2D eigenvalue weighted by Gasteiger charge is 2.45. The lowest BCUT2D eigenvalue weighted by molar-refractivity contribution is -0.122. The fraction of sp³-hybridized carbons (Fsp3) is 0.591. The van der Waals surface area contributed by atoms with E-state index in [1.165, 1.54) is 36.6 Å². The first-order valence-corrected chi connectivity index (χ1v) is 10.9. The maximum atomic E-state index is 12.6. The Morgan fingerprint density at radius 1 is 1.21 bits per heavy atom. The van der Waals surface area contributed by atoms with Crippen molar-refractivity contribution in [3.05, 3.63) is 40.9 Å². The molecular formula is C22H29N5O2. The van der Waals surface area contributed by atoms with Crippen LogP contribution in [0.3, 0.4) is 0 Å². The lowest BCUT2D eigenvalue weighted by Gasteiger charge is -2.55. The Bertz CT molecular complexity index is 958. The smallest absolute Gasteiger partial charge is 0.261 e. The molecule has 2 bridgehead atoms. The van der Waals surface area contributed by atoms with Crippen LogP contribution in [0, 0.1) is 11.8 Å². The van der Waals surface area contributed by atoms with E-state index in [2.05, 4.69) is 20.5 Å². The molecule has 3 aliphatic rings. The van der Waals surface area contributed by atoms with E-state index in [0.29, 0.717) is 35.4 Å². The second kappa shape index (κ2) is 7.88. The minimum Gasteiger partial charge on any atom is -0.353 e. The van der Waals surface area contributed by atoms with E-state index in [1.54, 1.807) is 6.07 Å². The van der Waals surface area contributed by atoms with Crippen molar-refractivity contribution in [3.63, 3.8) is 0 Å². The lowest BCUT2D eigenvalue weighted by atomic mass is 9.73. The quantitative estimate of drug-likeness (QED) is 0.807. The van der Waals surface area contributed by atoms with Crippen LogP contribution in [0.4, 0.5) is 0 Å². The molecule has 0 saturated carbocycles. The predicted octanol–water partition coefficient (Wildman–Crippen LogP) is 0.975. The Morgan fingerprint density at radius 2 is 2.07 bits per heavy atom. The van der Waals surface area contributed by atoms with Gasteiger partial charge in [-0.15, -0.1) is 0 Å². The van der Waals surface area contributed by atoms with Crippen LogP contribution in [0.1, 0.15) is 25.7 Å². The molecule has 2 aromatic rings. The molecular weight excluding hydrogens is 366 g/mol. The third-order valence-electron chi connectivity index (χ3n) is 7.08. The summed E-state index contributed by atoms with van der Waals surface area (Å²) < 4.78 is 1.40. The van der Waals surface area contributed by atoms with Crippen LogP contribution < -0.4 is 16.2 Å². The molecule has 1 aromatic heterocycles. The molecule has 29 heavy (non-hydrogen) atoms. The average Bonchev–Trinajstić information content (AvgIpc) is 2.76. The number of para-hydroxylation sites is 1. The Kier molecular flexibility index (Phi) is 5.09. The first-order valence-electron chi connectivity index (χ1n) is 10.9. The maximum absolute atomic E-state index is 12.6. The molecule has 3 fully saturated rings. The number of hydrogen-bond donors (Lipinski definition) is 2. The third kappa shape index (κ3) is 3.57. The van der Waals surface area contributed by atoms with Crippen LogP contribution in [0.2, 0.25) is 0 Å². The summed E-state index contributed by atoms with van der Waals surface area (Å²) in [4.78, 5) is 32.3. The Hall–Kier alpha value is -2.25. The summed E-state index contributed by atoms with van der Waals surface area (Å²) in [5.74, 6) is 1.22. The summed E-state index contributed by atoms with van der Waals surface area (Å²) >= 11 is 0. The minimum absolute atomic E-state index is 0.0123. The van der Waals surface area contributed by atoms with E-state index in [-0.39, 0.29) is 18.0 Å². The van der Waals surface area contributed by atoms with Gasteiger partial charge in [0.2, 0.25) is 5.91 Å². The van der Waals surface area contributed by atoms with Crippen molar-refractivity contribution in [3.8, 4) is 0 Å². The van der Waals surface area contributed by atoms with Crippen LogP contribution in [-0.2, 0) is 11.3 Å². The summed E-state index contributed by atoms with van der Waals surface area (Å²) in [5.41, 5.74) is 0.491. The number of nitrogens with zero attached hydrogens (tertiary/aromatic N) is 3. The first-order chi connectivity index (χ1) is 14.2. The molecule has 7 heteroatoms. The van der Waals surface area contributed by atoms with Gasteiger partial charge in [-0.2, -0.15) is 0 Å². The zero-order valence-electron chi connectivity index (χ0n) is 16.7. The fourth-order valence-electron chi connectivity index (χ4n) is 5.70. The molecule has 0 unspecified atom stereocenters. The summed E-state index contributed by atoms with van der Waals surface area (Å²) in [7, 11) is 0. The third-order valence-corrected chi connectivity index (χ3v) is 7.08. The summed E-state index contributed by atoms with van der Waals surface area (Å²) in [6.07, 6.45) is 6.59. The van der Waals surface area contributed by atoms with Gasteiger partial charge in [-0.3, -0.25) is 19.1 Å². The van der Waals surface area contributed by atoms with Gasteiger partial charge in [-0.25, -0.2) is 4.98 Å². The molecule has 4 atom stereocenters. The summed E-state index contributed by atoms with van der Waals surface area (Å²) in [6.45, 7) is 3.98. The van der Waals surface area contributed by atoms with Gasteiger partial charge in [0.1, 0.15) is 6.54 Å². The SMILES string of the molecule is O=C(Cn1cnc2ccccc2c1=O)NC[C@H]1[C@@H]2CNC[C@@H](C2)[C@@H]2CCCCN21. The number of amides is 1. The standard InChI is InChI=1S/C22H29N5O2/c28-21(13-26-14-25-18-6-2-1-5-17(18)22(26)29)24-12-20-16-9-15(10-23-11-16)19-7-3-4-8-27(19)20/h1-2,5-6,14-16,19-20,23H,3-4,7-13H2,(H,24,28)/t15-,16+,19+,20+/m1/s1. The van der Waals surface area contributed by atoms with Gasteiger partial charge in [-0.1, -0.05) is 18.6 Å². The first kappa shape index (κ1) is 18.8. The molecule has 4 heterocycles. The summed E-state index contributed by atoms with van der Waals surface area (Å²) in [6, 6.07) is 8.28. The highest BCUT2D eigenvalue weighted by atomic mass is 16.2. The van der Waals surface area contributed by atoms with Crippen molar-refractivity contribution in [1.82, 2.24) is 25.1 Å². The van der Waals surface area contributed by atoms with Crippen LogP contribution in [0.15, 0.2) is 35.4 Å². The Morgan fingerprint density at radius 3 is 3.00 bits per heavy atom. The van der Waals surface area contributed by atoms with E-state index in [1.807, 2.05) is 18.2 Å². The molecule has 2 N–H and O–H groups in total. The number of hydrogen-bond acceptors (Lipinski definition) is 5. The second-order valence-corrected chi connectivity index (χ2v) is 8.78.